The van der Waals surface area contributed by atoms with E-state index in [-0.39, 0.29) is 6.54 Å². The average Bonchev–Trinajstić information content (AvgIpc) is 2.37. The summed E-state index contributed by atoms with van der Waals surface area (Å²) in [6, 6.07) is 7.49. The lowest BCUT2D eigenvalue weighted by Crippen LogP contribution is -2.53. The van der Waals surface area contributed by atoms with Crippen molar-refractivity contribution >= 4 is 5.97 Å². The molecule has 1 fully saturated rings. The van der Waals surface area contributed by atoms with Crippen LogP contribution in [0.1, 0.15) is 36.5 Å². The number of hydrogen-bond acceptors (Lipinski definition) is 3. The molecule has 2 N–H and O–H groups in total. The minimum atomic E-state index is -0.733. The van der Waals surface area contributed by atoms with E-state index < -0.39 is 5.97 Å². The molecule has 1 aliphatic carbocycles. The van der Waals surface area contributed by atoms with Crippen LogP contribution in [0.2, 0.25) is 0 Å². The maximum absolute atomic E-state index is 10.8. The van der Waals surface area contributed by atoms with E-state index in [1.54, 1.807) is 0 Å². The largest absolute Gasteiger partial charge is 0.480 e. The second kappa shape index (κ2) is 7.05. The van der Waals surface area contributed by atoms with E-state index in [1.165, 1.54) is 16.7 Å². The molecule has 1 aromatic rings. The second-order valence-electron chi connectivity index (χ2n) is 6.09. The zero-order valence-electron chi connectivity index (χ0n) is 13.2. The van der Waals surface area contributed by atoms with Crippen LogP contribution in [0.5, 0.6) is 0 Å². The zero-order valence-corrected chi connectivity index (χ0v) is 13.2. The van der Waals surface area contributed by atoms with E-state index >= 15 is 0 Å². The lowest BCUT2D eigenvalue weighted by atomic mass is 9.85. The van der Waals surface area contributed by atoms with Crippen LogP contribution in [0, 0.1) is 13.8 Å². The minimum absolute atomic E-state index is 0.158. The number of nitrogens with zero attached hydrogens (tertiary/aromatic N) is 1. The highest BCUT2D eigenvalue weighted by Crippen LogP contribution is 2.26. The van der Waals surface area contributed by atoms with Crippen LogP contribution < -0.4 is 5.32 Å². The Morgan fingerprint density at radius 2 is 2.10 bits per heavy atom. The molecule has 116 valence electrons. The summed E-state index contributed by atoms with van der Waals surface area (Å²) < 4.78 is 0. The highest BCUT2D eigenvalue weighted by molar-refractivity contribution is 5.69. The summed E-state index contributed by atoms with van der Waals surface area (Å²) in [6.07, 6.45) is 2.10. The van der Waals surface area contributed by atoms with Gasteiger partial charge in [-0.05, 0) is 44.4 Å². The summed E-state index contributed by atoms with van der Waals surface area (Å²) >= 11 is 0. The fourth-order valence-electron chi connectivity index (χ4n) is 3.02. The number of nitrogens with one attached hydrogen (secondary N) is 1. The molecule has 0 saturated heterocycles. The lowest BCUT2D eigenvalue weighted by Gasteiger charge is -2.42. The third kappa shape index (κ3) is 4.29. The van der Waals surface area contributed by atoms with Gasteiger partial charge in [0.15, 0.2) is 0 Å². The summed E-state index contributed by atoms with van der Waals surface area (Å²) in [6.45, 7) is 8.15. The molecule has 0 heterocycles. The first-order valence-corrected chi connectivity index (χ1v) is 7.75. The summed E-state index contributed by atoms with van der Waals surface area (Å²) in [5, 5.41) is 12.5. The Labute approximate surface area is 127 Å². The third-order valence-electron chi connectivity index (χ3n) is 4.45. The molecule has 0 aromatic heterocycles. The number of carboxylic acids is 1. The SMILES string of the molecule is CCN(CC(=O)O)C1CC(NCc2ccc(C)cc2C)C1. The number of aryl methyl sites for hydroxylation is 2. The molecule has 0 unspecified atom stereocenters. The van der Waals surface area contributed by atoms with Gasteiger partial charge >= 0.3 is 5.97 Å². The van der Waals surface area contributed by atoms with Crippen LogP contribution in [0.4, 0.5) is 0 Å². The normalized spacial score (nSPS) is 21.3. The van der Waals surface area contributed by atoms with E-state index in [1.807, 2.05) is 6.92 Å². The second-order valence-corrected chi connectivity index (χ2v) is 6.09. The van der Waals surface area contributed by atoms with Crippen LogP contribution in [0.25, 0.3) is 0 Å². The van der Waals surface area contributed by atoms with Crippen molar-refractivity contribution in [3.8, 4) is 0 Å². The van der Waals surface area contributed by atoms with Gasteiger partial charge in [0.05, 0.1) is 6.54 Å². The summed E-state index contributed by atoms with van der Waals surface area (Å²) in [5.74, 6) is -0.733. The van der Waals surface area contributed by atoms with Gasteiger partial charge in [0.2, 0.25) is 0 Å². The molecule has 0 spiro atoms. The maximum Gasteiger partial charge on any atom is 0.317 e. The third-order valence-corrected chi connectivity index (χ3v) is 4.45. The van der Waals surface area contributed by atoms with Crippen molar-refractivity contribution in [2.24, 2.45) is 0 Å². The van der Waals surface area contributed by atoms with Crippen LogP contribution in [0.3, 0.4) is 0 Å². The van der Waals surface area contributed by atoms with Crippen LogP contribution in [-0.2, 0) is 11.3 Å². The quantitative estimate of drug-likeness (QED) is 0.809. The highest BCUT2D eigenvalue weighted by atomic mass is 16.4. The summed E-state index contributed by atoms with van der Waals surface area (Å²) in [5.41, 5.74) is 3.98. The monoisotopic (exact) mass is 290 g/mol. The lowest BCUT2D eigenvalue weighted by molar-refractivity contribution is -0.139. The smallest absolute Gasteiger partial charge is 0.317 e. The average molecular weight is 290 g/mol. The topological polar surface area (TPSA) is 52.6 Å². The zero-order chi connectivity index (χ0) is 15.4. The Morgan fingerprint density at radius 3 is 2.67 bits per heavy atom. The van der Waals surface area contributed by atoms with E-state index in [0.29, 0.717) is 12.1 Å². The van der Waals surface area contributed by atoms with E-state index in [9.17, 15) is 4.79 Å². The van der Waals surface area contributed by atoms with Crippen molar-refractivity contribution in [1.82, 2.24) is 10.2 Å². The number of aliphatic carboxylic acids is 1. The Kier molecular flexibility index (Phi) is 5.37. The predicted molar refractivity (Wildman–Crippen MR) is 84.4 cm³/mol. The van der Waals surface area contributed by atoms with Gasteiger partial charge in [0.1, 0.15) is 0 Å². The number of rotatable bonds is 7. The van der Waals surface area contributed by atoms with Gasteiger partial charge < -0.3 is 10.4 Å². The molecule has 2 rings (SSSR count). The Bertz CT molecular complexity index is 496. The minimum Gasteiger partial charge on any atom is -0.480 e. The number of carbonyl (C=O) groups is 1. The molecule has 0 aliphatic heterocycles. The van der Waals surface area contributed by atoms with Crippen LogP contribution in [0.15, 0.2) is 18.2 Å². The fraction of sp³-hybridized carbons (Fsp3) is 0.588. The standard InChI is InChI=1S/C17H26N2O2/c1-4-19(11-17(20)21)16-8-15(9-16)18-10-14-6-5-12(2)7-13(14)3/h5-7,15-16,18H,4,8-11H2,1-3H3,(H,20,21). The number of hydrogen-bond donors (Lipinski definition) is 2. The Hall–Kier alpha value is -1.39. The van der Waals surface area contributed by atoms with Crippen molar-refractivity contribution in [2.45, 2.75) is 52.2 Å². The Balaban J connectivity index is 1.76. The van der Waals surface area contributed by atoms with Gasteiger partial charge in [-0.1, -0.05) is 30.7 Å². The molecule has 4 nitrogen and oxygen atoms in total. The predicted octanol–water partition coefficient (Wildman–Crippen LogP) is 2.33. The van der Waals surface area contributed by atoms with Crippen LogP contribution >= 0.6 is 0 Å². The molecular weight excluding hydrogens is 264 g/mol. The first-order chi connectivity index (χ1) is 9.99. The summed E-state index contributed by atoms with van der Waals surface area (Å²) in [4.78, 5) is 12.9. The number of likely N-dealkylation sites (N-methyl/N-ethyl adjacent to an activating group) is 1. The number of carboxylic acid groups (broad SMARTS) is 1. The van der Waals surface area contributed by atoms with Crippen molar-refractivity contribution < 1.29 is 9.90 Å². The molecule has 0 radical (unpaired) electrons. The van der Waals surface area contributed by atoms with Crippen molar-refractivity contribution in [3.05, 3.63) is 34.9 Å². The van der Waals surface area contributed by atoms with Gasteiger partial charge in [0.25, 0.3) is 0 Å². The van der Waals surface area contributed by atoms with Gasteiger partial charge in [-0.25, -0.2) is 0 Å². The van der Waals surface area contributed by atoms with Crippen molar-refractivity contribution in [3.63, 3.8) is 0 Å². The van der Waals surface area contributed by atoms with E-state index in [0.717, 1.165) is 25.9 Å². The van der Waals surface area contributed by atoms with Crippen LogP contribution in [-0.4, -0.2) is 41.1 Å². The molecule has 21 heavy (non-hydrogen) atoms. The Morgan fingerprint density at radius 1 is 1.38 bits per heavy atom. The van der Waals surface area contributed by atoms with Gasteiger partial charge in [-0.2, -0.15) is 0 Å². The van der Waals surface area contributed by atoms with Gasteiger partial charge in [-0.15, -0.1) is 0 Å². The molecular formula is C17H26N2O2. The molecule has 0 bridgehead atoms. The van der Waals surface area contributed by atoms with Gasteiger partial charge in [0, 0.05) is 18.6 Å². The van der Waals surface area contributed by atoms with E-state index in [4.69, 9.17) is 5.11 Å². The maximum atomic E-state index is 10.8. The highest BCUT2D eigenvalue weighted by Gasteiger charge is 2.33. The molecule has 0 atom stereocenters. The first-order valence-electron chi connectivity index (χ1n) is 7.75. The van der Waals surface area contributed by atoms with E-state index in [2.05, 4.69) is 42.3 Å². The van der Waals surface area contributed by atoms with Crippen molar-refractivity contribution in [2.75, 3.05) is 13.1 Å². The summed E-state index contributed by atoms with van der Waals surface area (Å²) in [7, 11) is 0. The fourth-order valence-corrected chi connectivity index (χ4v) is 3.02. The molecule has 1 aromatic carbocycles. The molecule has 1 saturated carbocycles. The number of benzene rings is 1. The van der Waals surface area contributed by atoms with Gasteiger partial charge in [-0.3, -0.25) is 9.69 Å². The molecule has 0 amide bonds. The van der Waals surface area contributed by atoms with Crippen molar-refractivity contribution in [1.29, 1.82) is 0 Å². The first kappa shape index (κ1) is 16.0. The molecule has 4 heteroatoms. The molecule has 1 aliphatic rings.